The maximum Gasteiger partial charge on any atom is 0.132 e. The van der Waals surface area contributed by atoms with Crippen LogP contribution in [0.2, 0.25) is 0 Å². The second kappa shape index (κ2) is 5.27. The lowest BCUT2D eigenvalue weighted by Gasteiger charge is -2.09. The van der Waals surface area contributed by atoms with E-state index in [0.717, 1.165) is 23.5 Å². The second-order valence-electron chi connectivity index (χ2n) is 4.78. The number of nitrogens with zero attached hydrogens (tertiary/aromatic N) is 2. The van der Waals surface area contributed by atoms with Crippen LogP contribution in [-0.2, 0) is 6.42 Å². The number of rotatable bonds is 3. The summed E-state index contributed by atoms with van der Waals surface area (Å²) >= 11 is 0. The summed E-state index contributed by atoms with van der Waals surface area (Å²) in [5.74, 6) is 0.850. The van der Waals surface area contributed by atoms with E-state index >= 15 is 0 Å². The molecule has 0 radical (unpaired) electrons. The van der Waals surface area contributed by atoms with Gasteiger partial charge in [-0.3, -0.25) is 0 Å². The number of aromatic nitrogens is 2. The van der Waals surface area contributed by atoms with Crippen molar-refractivity contribution in [2.75, 3.05) is 0 Å². The van der Waals surface area contributed by atoms with E-state index in [-0.39, 0.29) is 6.04 Å². The molecule has 2 N–H and O–H groups in total. The molecule has 1 heterocycles. The molecule has 3 heteroatoms. The van der Waals surface area contributed by atoms with Crippen LogP contribution in [0.5, 0.6) is 0 Å². The first-order chi connectivity index (χ1) is 8.56. The van der Waals surface area contributed by atoms with E-state index in [9.17, 15) is 0 Å². The first-order valence-electron chi connectivity index (χ1n) is 6.20. The Balaban J connectivity index is 2.23. The number of nitrogens with two attached hydrogens (primary N) is 1. The van der Waals surface area contributed by atoms with Gasteiger partial charge >= 0.3 is 0 Å². The predicted molar refractivity (Wildman–Crippen MR) is 73.4 cm³/mol. The van der Waals surface area contributed by atoms with Crippen molar-refractivity contribution in [2.24, 2.45) is 5.73 Å². The lowest BCUT2D eigenvalue weighted by atomic mass is 10.1. The van der Waals surface area contributed by atoms with Crippen LogP contribution in [0.3, 0.4) is 0 Å². The summed E-state index contributed by atoms with van der Waals surface area (Å²) in [5, 5.41) is 0. The summed E-state index contributed by atoms with van der Waals surface area (Å²) < 4.78 is 0. The molecule has 2 aromatic rings. The first-order valence-corrected chi connectivity index (χ1v) is 6.20. The van der Waals surface area contributed by atoms with Gasteiger partial charge in [0.1, 0.15) is 5.82 Å². The summed E-state index contributed by atoms with van der Waals surface area (Å²) in [5.41, 5.74) is 10.3. The highest BCUT2D eigenvalue weighted by atomic mass is 14.9. The van der Waals surface area contributed by atoms with Gasteiger partial charge in [-0.25, -0.2) is 9.97 Å². The van der Waals surface area contributed by atoms with Crippen molar-refractivity contribution in [3.63, 3.8) is 0 Å². The fraction of sp³-hybridized carbons (Fsp3) is 0.333. The van der Waals surface area contributed by atoms with Crippen molar-refractivity contribution in [3.05, 3.63) is 58.7 Å². The Morgan fingerprint density at radius 3 is 2.67 bits per heavy atom. The van der Waals surface area contributed by atoms with Crippen molar-refractivity contribution in [2.45, 2.75) is 33.2 Å². The Morgan fingerprint density at radius 2 is 2.06 bits per heavy atom. The molecule has 0 saturated carbocycles. The highest BCUT2D eigenvalue weighted by molar-refractivity contribution is 5.26. The highest BCUT2D eigenvalue weighted by Crippen LogP contribution is 2.14. The van der Waals surface area contributed by atoms with Crippen molar-refractivity contribution in [1.29, 1.82) is 0 Å². The molecule has 0 bridgehead atoms. The molecule has 0 aliphatic carbocycles. The minimum absolute atomic E-state index is 0.0157. The lowest BCUT2D eigenvalue weighted by molar-refractivity contribution is 0.776. The average molecular weight is 241 g/mol. The molecule has 0 spiro atoms. The standard InChI is InChI=1S/C15H19N3/c1-10-5-4-6-13(7-10)8-15-17-9-14(11(2)16)12(3)18-15/h4-7,9,11H,8,16H2,1-3H3/t11-/m0/s1. The molecule has 1 aromatic heterocycles. The molecule has 0 aliphatic heterocycles. The van der Waals surface area contributed by atoms with E-state index in [2.05, 4.69) is 41.2 Å². The van der Waals surface area contributed by atoms with Crippen LogP contribution >= 0.6 is 0 Å². The summed E-state index contributed by atoms with van der Waals surface area (Å²) in [7, 11) is 0. The maximum atomic E-state index is 5.86. The van der Waals surface area contributed by atoms with Gasteiger partial charge < -0.3 is 5.73 Å². The van der Waals surface area contributed by atoms with Crippen LogP contribution in [0, 0.1) is 13.8 Å². The van der Waals surface area contributed by atoms with Gasteiger partial charge in [0.05, 0.1) is 0 Å². The molecular formula is C15H19N3. The number of hydrogen-bond acceptors (Lipinski definition) is 3. The number of benzene rings is 1. The van der Waals surface area contributed by atoms with E-state index in [0.29, 0.717) is 0 Å². The fourth-order valence-electron chi connectivity index (χ4n) is 2.06. The zero-order chi connectivity index (χ0) is 13.1. The minimum Gasteiger partial charge on any atom is -0.324 e. The van der Waals surface area contributed by atoms with Gasteiger partial charge in [0.25, 0.3) is 0 Å². The average Bonchev–Trinajstić information content (AvgIpc) is 2.28. The van der Waals surface area contributed by atoms with Crippen LogP contribution in [-0.4, -0.2) is 9.97 Å². The van der Waals surface area contributed by atoms with Gasteiger partial charge in [-0.1, -0.05) is 29.8 Å². The molecule has 2 rings (SSSR count). The van der Waals surface area contributed by atoms with Crippen molar-refractivity contribution in [3.8, 4) is 0 Å². The molecule has 0 amide bonds. The van der Waals surface area contributed by atoms with Crippen LogP contribution < -0.4 is 5.73 Å². The fourth-order valence-corrected chi connectivity index (χ4v) is 2.06. The quantitative estimate of drug-likeness (QED) is 0.899. The van der Waals surface area contributed by atoms with Crippen LogP contribution in [0.1, 0.15) is 41.2 Å². The van der Waals surface area contributed by atoms with Gasteiger partial charge in [0.2, 0.25) is 0 Å². The first kappa shape index (κ1) is 12.7. The minimum atomic E-state index is -0.0157. The van der Waals surface area contributed by atoms with E-state index in [4.69, 9.17) is 5.73 Å². The summed E-state index contributed by atoms with van der Waals surface area (Å²) in [4.78, 5) is 8.92. The topological polar surface area (TPSA) is 51.8 Å². The predicted octanol–water partition coefficient (Wildman–Crippen LogP) is 2.70. The molecule has 18 heavy (non-hydrogen) atoms. The number of aryl methyl sites for hydroxylation is 2. The third-order valence-corrected chi connectivity index (χ3v) is 3.00. The van der Waals surface area contributed by atoms with Crippen LogP contribution in [0.15, 0.2) is 30.5 Å². The van der Waals surface area contributed by atoms with Gasteiger partial charge in [-0.05, 0) is 26.3 Å². The largest absolute Gasteiger partial charge is 0.324 e. The highest BCUT2D eigenvalue weighted by Gasteiger charge is 2.07. The molecule has 0 fully saturated rings. The van der Waals surface area contributed by atoms with Gasteiger partial charge in [-0.15, -0.1) is 0 Å². The van der Waals surface area contributed by atoms with E-state index < -0.39 is 0 Å². The normalized spacial score (nSPS) is 12.4. The van der Waals surface area contributed by atoms with E-state index in [1.165, 1.54) is 11.1 Å². The van der Waals surface area contributed by atoms with Gasteiger partial charge in [0, 0.05) is 29.9 Å². The van der Waals surface area contributed by atoms with Crippen molar-refractivity contribution in [1.82, 2.24) is 9.97 Å². The van der Waals surface area contributed by atoms with Gasteiger partial charge in [0.15, 0.2) is 0 Å². The Morgan fingerprint density at radius 1 is 1.28 bits per heavy atom. The lowest BCUT2D eigenvalue weighted by Crippen LogP contribution is -2.10. The Bertz CT molecular complexity index is 547. The second-order valence-corrected chi connectivity index (χ2v) is 4.78. The summed E-state index contributed by atoms with van der Waals surface area (Å²) in [6, 6.07) is 8.41. The van der Waals surface area contributed by atoms with Crippen LogP contribution in [0.25, 0.3) is 0 Å². The monoisotopic (exact) mass is 241 g/mol. The molecule has 1 aromatic carbocycles. The molecule has 94 valence electrons. The maximum absolute atomic E-state index is 5.86. The summed E-state index contributed by atoms with van der Waals surface area (Å²) in [6.45, 7) is 6.03. The Labute approximate surface area is 108 Å². The zero-order valence-electron chi connectivity index (χ0n) is 11.1. The van der Waals surface area contributed by atoms with Crippen molar-refractivity contribution < 1.29 is 0 Å². The van der Waals surface area contributed by atoms with Gasteiger partial charge in [-0.2, -0.15) is 0 Å². The summed E-state index contributed by atoms with van der Waals surface area (Å²) in [6.07, 6.45) is 2.61. The molecular weight excluding hydrogens is 222 g/mol. The SMILES string of the molecule is Cc1cccc(Cc2ncc([C@H](C)N)c(C)n2)c1. The van der Waals surface area contributed by atoms with Crippen molar-refractivity contribution >= 4 is 0 Å². The van der Waals surface area contributed by atoms with Crippen LogP contribution in [0.4, 0.5) is 0 Å². The molecule has 3 nitrogen and oxygen atoms in total. The third kappa shape index (κ3) is 2.93. The Kier molecular flexibility index (Phi) is 3.72. The Hall–Kier alpha value is -1.74. The molecule has 1 atom stereocenters. The molecule has 0 aliphatic rings. The third-order valence-electron chi connectivity index (χ3n) is 3.00. The molecule has 0 saturated heterocycles. The molecule has 0 unspecified atom stereocenters. The zero-order valence-corrected chi connectivity index (χ0v) is 11.1. The number of hydrogen-bond donors (Lipinski definition) is 1. The van der Waals surface area contributed by atoms with E-state index in [1.807, 2.05) is 20.0 Å². The van der Waals surface area contributed by atoms with E-state index in [1.54, 1.807) is 0 Å². The smallest absolute Gasteiger partial charge is 0.132 e.